The second-order valence-electron chi connectivity index (χ2n) is 7.34. The Morgan fingerprint density at radius 3 is 2.50 bits per heavy atom. The zero-order chi connectivity index (χ0) is 15.1. The van der Waals surface area contributed by atoms with Crippen LogP contribution in [0.1, 0.15) is 44.3 Å². The Morgan fingerprint density at radius 2 is 1.86 bits per heavy atom. The number of aromatic nitrogens is 2. The van der Waals surface area contributed by atoms with E-state index in [1.54, 1.807) is 0 Å². The van der Waals surface area contributed by atoms with Crippen LogP contribution in [0, 0.1) is 0 Å². The molecule has 1 saturated carbocycles. The molecule has 0 atom stereocenters. The zero-order valence-corrected chi connectivity index (χ0v) is 13.7. The molecule has 0 unspecified atom stereocenters. The van der Waals surface area contributed by atoms with Gasteiger partial charge in [-0.1, -0.05) is 5.16 Å². The van der Waals surface area contributed by atoms with Crippen molar-refractivity contribution in [3.63, 3.8) is 0 Å². The van der Waals surface area contributed by atoms with E-state index >= 15 is 0 Å². The molecule has 3 fully saturated rings. The van der Waals surface area contributed by atoms with E-state index in [1.165, 1.54) is 39.0 Å². The molecule has 3 aliphatic rings. The van der Waals surface area contributed by atoms with Crippen LogP contribution in [0.2, 0.25) is 0 Å². The van der Waals surface area contributed by atoms with Gasteiger partial charge in [0, 0.05) is 57.3 Å². The van der Waals surface area contributed by atoms with E-state index in [2.05, 4.69) is 38.7 Å². The molecule has 0 amide bonds. The Hall–Kier alpha value is -0.980. The molecule has 6 nitrogen and oxygen atoms in total. The highest BCUT2D eigenvalue weighted by Crippen LogP contribution is 2.38. The van der Waals surface area contributed by atoms with Gasteiger partial charge in [-0.25, -0.2) is 0 Å². The van der Waals surface area contributed by atoms with Gasteiger partial charge in [-0.3, -0.25) is 14.7 Å². The van der Waals surface area contributed by atoms with Gasteiger partial charge in [-0.2, -0.15) is 4.98 Å². The second kappa shape index (κ2) is 5.91. The summed E-state index contributed by atoms with van der Waals surface area (Å²) in [5.41, 5.74) is 0. The third-order valence-corrected chi connectivity index (χ3v) is 5.31. The van der Waals surface area contributed by atoms with E-state index in [-0.39, 0.29) is 0 Å². The quantitative estimate of drug-likeness (QED) is 0.813. The van der Waals surface area contributed by atoms with Gasteiger partial charge in [0.2, 0.25) is 5.89 Å². The Labute approximate surface area is 132 Å². The van der Waals surface area contributed by atoms with E-state index < -0.39 is 0 Å². The van der Waals surface area contributed by atoms with Crippen LogP contribution >= 0.6 is 0 Å². The summed E-state index contributed by atoms with van der Waals surface area (Å²) >= 11 is 0. The first-order chi connectivity index (χ1) is 10.7. The molecule has 1 aromatic rings. The summed E-state index contributed by atoms with van der Waals surface area (Å²) in [7, 11) is 0. The Kier molecular flexibility index (Phi) is 3.92. The van der Waals surface area contributed by atoms with E-state index in [9.17, 15) is 0 Å². The Bertz CT molecular complexity index is 498. The van der Waals surface area contributed by atoms with E-state index in [0.717, 1.165) is 37.4 Å². The molecule has 1 aromatic heterocycles. The highest BCUT2D eigenvalue weighted by atomic mass is 16.5. The number of hydrogen-bond acceptors (Lipinski definition) is 6. The standard InChI is InChI=1S/C16H27N5O/c1-12(2)20-5-7-21(8-6-20)14-9-19(10-14)11-15-17-16(22-18-15)13-3-4-13/h12-14H,3-11H2,1-2H3. The highest BCUT2D eigenvalue weighted by molar-refractivity contribution is 5.02. The number of nitrogens with zero attached hydrogens (tertiary/aromatic N) is 5. The van der Waals surface area contributed by atoms with Crippen LogP contribution in [0.25, 0.3) is 0 Å². The molecule has 0 aromatic carbocycles. The lowest BCUT2D eigenvalue weighted by molar-refractivity contribution is -0.00537. The van der Waals surface area contributed by atoms with Gasteiger partial charge in [-0.15, -0.1) is 0 Å². The maximum Gasteiger partial charge on any atom is 0.229 e. The van der Waals surface area contributed by atoms with Crippen LogP contribution in [0.5, 0.6) is 0 Å². The highest BCUT2D eigenvalue weighted by Gasteiger charge is 2.35. The molecule has 2 aliphatic heterocycles. The van der Waals surface area contributed by atoms with Crippen molar-refractivity contribution in [2.45, 2.75) is 51.2 Å². The SMILES string of the molecule is CC(C)N1CCN(C2CN(Cc3noc(C4CC4)n3)C2)CC1. The van der Waals surface area contributed by atoms with Crippen molar-refractivity contribution in [3.8, 4) is 0 Å². The molecule has 1 aliphatic carbocycles. The van der Waals surface area contributed by atoms with Crippen molar-refractivity contribution in [2.75, 3.05) is 39.3 Å². The Balaban J connectivity index is 1.21. The summed E-state index contributed by atoms with van der Waals surface area (Å²) in [6.07, 6.45) is 2.44. The van der Waals surface area contributed by atoms with Crippen molar-refractivity contribution < 1.29 is 4.52 Å². The Morgan fingerprint density at radius 1 is 1.14 bits per heavy atom. The fourth-order valence-electron chi connectivity index (χ4n) is 3.55. The van der Waals surface area contributed by atoms with Crippen molar-refractivity contribution in [1.82, 2.24) is 24.8 Å². The summed E-state index contributed by atoms with van der Waals surface area (Å²) in [6.45, 7) is 12.6. The summed E-state index contributed by atoms with van der Waals surface area (Å²) < 4.78 is 5.33. The van der Waals surface area contributed by atoms with Gasteiger partial charge in [0.25, 0.3) is 0 Å². The molecule has 4 rings (SSSR count). The van der Waals surface area contributed by atoms with Crippen LogP contribution in [0.15, 0.2) is 4.52 Å². The summed E-state index contributed by atoms with van der Waals surface area (Å²) in [4.78, 5) is 12.2. The minimum atomic E-state index is 0.558. The average molecular weight is 305 g/mol. The lowest BCUT2D eigenvalue weighted by atomic mass is 10.1. The van der Waals surface area contributed by atoms with E-state index in [0.29, 0.717) is 12.0 Å². The predicted octanol–water partition coefficient (Wildman–Crippen LogP) is 1.16. The van der Waals surface area contributed by atoms with Gasteiger partial charge < -0.3 is 4.52 Å². The fraction of sp³-hybridized carbons (Fsp3) is 0.875. The predicted molar refractivity (Wildman–Crippen MR) is 83.6 cm³/mol. The van der Waals surface area contributed by atoms with Crippen LogP contribution in [0.4, 0.5) is 0 Å². The monoisotopic (exact) mass is 305 g/mol. The lowest BCUT2D eigenvalue weighted by Gasteiger charge is -2.48. The summed E-state index contributed by atoms with van der Waals surface area (Å²) in [5, 5.41) is 4.12. The molecular weight excluding hydrogens is 278 g/mol. The smallest absolute Gasteiger partial charge is 0.229 e. The summed E-state index contributed by atoms with van der Waals surface area (Å²) in [6, 6.07) is 1.41. The van der Waals surface area contributed by atoms with Crippen LogP contribution < -0.4 is 0 Å². The number of likely N-dealkylation sites (tertiary alicyclic amines) is 1. The molecular formula is C16H27N5O. The first-order valence-electron chi connectivity index (χ1n) is 8.72. The first-order valence-corrected chi connectivity index (χ1v) is 8.72. The van der Waals surface area contributed by atoms with Crippen molar-refractivity contribution >= 4 is 0 Å². The van der Waals surface area contributed by atoms with Crippen LogP contribution in [0.3, 0.4) is 0 Å². The van der Waals surface area contributed by atoms with Gasteiger partial charge >= 0.3 is 0 Å². The molecule has 0 spiro atoms. The van der Waals surface area contributed by atoms with Crippen LogP contribution in [-0.2, 0) is 6.54 Å². The molecule has 0 bridgehead atoms. The first kappa shape index (κ1) is 14.6. The number of piperazine rings is 1. The molecule has 6 heteroatoms. The molecule has 22 heavy (non-hydrogen) atoms. The van der Waals surface area contributed by atoms with Crippen molar-refractivity contribution in [1.29, 1.82) is 0 Å². The minimum Gasteiger partial charge on any atom is -0.339 e. The number of hydrogen-bond donors (Lipinski definition) is 0. The maximum atomic E-state index is 5.33. The van der Waals surface area contributed by atoms with Gasteiger partial charge in [-0.05, 0) is 26.7 Å². The van der Waals surface area contributed by atoms with Crippen molar-refractivity contribution in [2.24, 2.45) is 0 Å². The molecule has 122 valence electrons. The summed E-state index contributed by atoms with van der Waals surface area (Å²) in [5.74, 6) is 2.28. The second-order valence-corrected chi connectivity index (χ2v) is 7.34. The topological polar surface area (TPSA) is 48.6 Å². The fourth-order valence-corrected chi connectivity index (χ4v) is 3.55. The number of rotatable bonds is 5. The molecule has 2 saturated heterocycles. The third kappa shape index (κ3) is 3.05. The average Bonchev–Trinajstić information content (AvgIpc) is 3.22. The lowest BCUT2D eigenvalue weighted by Crippen LogP contribution is -2.63. The van der Waals surface area contributed by atoms with E-state index in [1.807, 2.05) is 0 Å². The molecule has 0 radical (unpaired) electrons. The largest absolute Gasteiger partial charge is 0.339 e. The van der Waals surface area contributed by atoms with Gasteiger partial charge in [0.1, 0.15) is 0 Å². The van der Waals surface area contributed by atoms with Gasteiger partial charge in [0.05, 0.1) is 6.54 Å². The molecule has 3 heterocycles. The maximum absolute atomic E-state index is 5.33. The third-order valence-electron chi connectivity index (χ3n) is 5.31. The normalized spacial score (nSPS) is 25.8. The van der Waals surface area contributed by atoms with Crippen molar-refractivity contribution in [3.05, 3.63) is 11.7 Å². The van der Waals surface area contributed by atoms with Gasteiger partial charge in [0.15, 0.2) is 5.82 Å². The van der Waals surface area contributed by atoms with E-state index in [4.69, 9.17) is 4.52 Å². The minimum absolute atomic E-state index is 0.558. The van der Waals surface area contributed by atoms with Crippen LogP contribution in [-0.4, -0.2) is 76.2 Å². The zero-order valence-electron chi connectivity index (χ0n) is 13.7. The molecule has 0 N–H and O–H groups in total.